The first-order valence-corrected chi connectivity index (χ1v) is 5.22. The molecule has 0 bridgehead atoms. The normalized spacial score (nSPS) is 15.0. The Labute approximate surface area is 92.9 Å². The molecule has 1 aliphatic rings. The van der Waals surface area contributed by atoms with E-state index in [1.807, 2.05) is 0 Å². The first-order chi connectivity index (χ1) is 7.72. The number of carbonyl (C=O) groups is 1. The molecule has 0 atom stereocenters. The molecule has 1 N–H and O–H groups in total. The zero-order chi connectivity index (χ0) is 11.5. The minimum Gasteiger partial charge on any atom is -0.325 e. The van der Waals surface area contributed by atoms with Gasteiger partial charge in [-0.15, -0.1) is 0 Å². The summed E-state index contributed by atoms with van der Waals surface area (Å²) in [6.07, 6.45) is 2.82. The highest BCUT2D eigenvalue weighted by atomic mass is 19.1. The molecule has 0 aromatic heterocycles. The molecule has 1 amide bonds. The largest absolute Gasteiger partial charge is 0.325 e. The minimum atomic E-state index is -0.603. The highest BCUT2D eigenvalue weighted by Gasteiger charge is 2.25. The summed E-state index contributed by atoms with van der Waals surface area (Å²) in [6, 6.07) is 5.98. The van der Waals surface area contributed by atoms with E-state index < -0.39 is 5.82 Å². The maximum Gasteiger partial charge on any atom is 0.227 e. The van der Waals surface area contributed by atoms with Gasteiger partial charge in [0.05, 0.1) is 5.69 Å². The fourth-order valence-corrected chi connectivity index (χ4v) is 1.65. The number of anilines is 1. The van der Waals surface area contributed by atoms with E-state index >= 15 is 0 Å². The van der Waals surface area contributed by atoms with Gasteiger partial charge < -0.3 is 5.32 Å². The van der Waals surface area contributed by atoms with E-state index in [-0.39, 0.29) is 23.1 Å². The van der Waals surface area contributed by atoms with Crippen molar-refractivity contribution in [2.75, 3.05) is 5.32 Å². The number of benzene rings is 1. The van der Waals surface area contributed by atoms with Crippen LogP contribution in [-0.4, -0.2) is 5.91 Å². The zero-order valence-corrected chi connectivity index (χ0v) is 8.66. The van der Waals surface area contributed by atoms with Crippen LogP contribution in [0, 0.1) is 23.1 Å². The first kappa shape index (κ1) is 10.6. The van der Waals surface area contributed by atoms with E-state index in [1.54, 1.807) is 6.07 Å². The summed E-state index contributed by atoms with van der Waals surface area (Å²) in [5.41, 5.74) is 0.162. The van der Waals surface area contributed by atoms with E-state index in [9.17, 15) is 9.18 Å². The van der Waals surface area contributed by atoms with Gasteiger partial charge in [-0.25, -0.2) is 4.39 Å². The van der Waals surface area contributed by atoms with Gasteiger partial charge in [0.2, 0.25) is 5.91 Å². The standard InChI is InChI=1S/C12H11FN2O/c13-10-5-2-6-11(9(10)7-14)15-12(16)8-3-1-4-8/h2,5-6,8H,1,3-4H2,(H,15,16). The van der Waals surface area contributed by atoms with Crippen molar-refractivity contribution in [3.63, 3.8) is 0 Å². The van der Waals surface area contributed by atoms with Crippen LogP contribution >= 0.6 is 0 Å². The predicted molar refractivity (Wildman–Crippen MR) is 57.1 cm³/mol. The number of nitrogens with zero attached hydrogens (tertiary/aromatic N) is 1. The van der Waals surface area contributed by atoms with Crippen molar-refractivity contribution in [1.29, 1.82) is 5.26 Å². The lowest BCUT2D eigenvalue weighted by Crippen LogP contribution is -2.28. The average Bonchev–Trinajstić information content (AvgIpc) is 2.15. The Balaban J connectivity index is 2.18. The van der Waals surface area contributed by atoms with Gasteiger partial charge in [0, 0.05) is 5.92 Å². The molecule has 0 heterocycles. The van der Waals surface area contributed by atoms with Gasteiger partial charge in [0.15, 0.2) is 0 Å². The Hall–Kier alpha value is -1.89. The molecule has 1 aromatic carbocycles. The first-order valence-electron chi connectivity index (χ1n) is 5.22. The highest BCUT2D eigenvalue weighted by molar-refractivity contribution is 5.94. The second-order valence-electron chi connectivity index (χ2n) is 3.89. The van der Waals surface area contributed by atoms with Crippen LogP contribution in [0.25, 0.3) is 0 Å². The van der Waals surface area contributed by atoms with Crippen LogP contribution in [0.3, 0.4) is 0 Å². The third-order valence-electron chi connectivity index (χ3n) is 2.86. The van der Waals surface area contributed by atoms with Gasteiger partial charge >= 0.3 is 0 Å². The van der Waals surface area contributed by atoms with Crippen LogP contribution < -0.4 is 5.32 Å². The Kier molecular flexibility index (Phi) is 2.86. The quantitative estimate of drug-likeness (QED) is 0.828. The lowest BCUT2D eigenvalue weighted by Gasteiger charge is -2.24. The Morgan fingerprint density at radius 3 is 2.81 bits per heavy atom. The number of hydrogen-bond donors (Lipinski definition) is 1. The summed E-state index contributed by atoms with van der Waals surface area (Å²) in [6.45, 7) is 0. The second kappa shape index (κ2) is 4.31. The Bertz CT molecular complexity index is 461. The number of halogens is 1. The molecule has 1 fully saturated rings. The van der Waals surface area contributed by atoms with Crippen molar-refractivity contribution in [3.8, 4) is 6.07 Å². The van der Waals surface area contributed by atoms with Crippen LogP contribution in [0.4, 0.5) is 10.1 Å². The van der Waals surface area contributed by atoms with Gasteiger partial charge in [-0.3, -0.25) is 4.79 Å². The molecule has 4 heteroatoms. The molecular formula is C12H11FN2O. The molecule has 1 aromatic rings. The van der Waals surface area contributed by atoms with E-state index in [0.717, 1.165) is 19.3 Å². The third-order valence-corrected chi connectivity index (χ3v) is 2.86. The molecule has 0 unspecified atom stereocenters. The lowest BCUT2D eigenvalue weighted by molar-refractivity contribution is -0.122. The molecule has 0 radical (unpaired) electrons. The van der Waals surface area contributed by atoms with Gasteiger partial charge in [-0.05, 0) is 25.0 Å². The van der Waals surface area contributed by atoms with Crippen LogP contribution in [0.5, 0.6) is 0 Å². The predicted octanol–water partition coefficient (Wildman–Crippen LogP) is 2.44. The SMILES string of the molecule is N#Cc1c(F)cccc1NC(=O)C1CCC1. The van der Waals surface area contributed by atoms with E-state index in [2.05, 4.69) is 5.32 Å². The van der Waals surface area contributed by atoms with Crippen molar-refractivity contribution in [2.24, 2.45) is 5.92 Å². The fourth-order valence-electron chi connectivity index (χ4n) is 1.65. The van der Waals surface area contributed by atoms with Gasteiger partial charge in [0.25, 0.3) is 0 Å². The monoisotopic (exact) mass is 218 g/mol. The minimum absolute atomic E-state index is 0.0230. The van der Waals surface area contributed by atoms with Crippen LogP contribution in [-0.2, 0) is 4.79 Å². The smallest absolute Gasteiger partial charge is 0.227 e. The zero-order valence-electron chi connectivity index (χ0n) is 8.66. The van der Waals surface area contributed by atoms with Gasteiger partial charge in [-0.1, -0.05) is 12.5 Å². The van der Waals surface area contributed by atoms with Crippen molar-refractivity contribution in [1.82, 2.24) is 0 Å². The summed E-state index contributed by atoms with van der Waals surface area (Å²) in [5.74, 6) is -0.697. The third kappa shape index (κ3) is 1.89. The molecule has 1 saturated carbocycles. The summed E-state index contributed by atoms with van der Waals surface area (Å²) >= 11 is 0. The van der Waals surface area contributed by atoms with Crippen molar-refractivity contribution < 1.29 is 9.18 Å². The maximum atomic E-state index is 13.2. The van der Waals surface area contributed by atoms with E-state index in [4.69, 9.17) is 5.26 Å². The lowest BCUT2D eigenvalue weighted by atomic mass is 9.85. The van der Waals surface area contributed by atoms with Gasteiger partial charge in [0.1, 0.15) is 17.4 Å². The summed E-state index contributed by atoms with van der Waals surface area (Å²) in [7, 11) is 0. The molecule has 16 heavy (non-hydrogen) atoms. The number of nitrogens with one attached hydrogen (secondary N) is 1. The molecule has 0 saturated heterocycles. The highest BCUT2D eigenvalue weighted by Crippen LogP contribution is 2.28. The fraction of sp³-hybridized carbons (Fsp3) is 0.333. The van der Waals surface area contributed by atoms with E-state index in [1.165, 1.54) is 18.2 Å². The molecule has 1 aliphatic carbocycles. The Morgan fingerprint density at radius 2 is 2.25 bits per heavy atom. The number of carbonyl (C=O) groups excluding carboxylic acids is 1. The van der Waals surface area contributed by atoms with Crippen LogP contribution in [0.2, 0.25) is 0 Å². The van der Waals surface area contributed by atoms with Gasteiger partial charge in [-0.2, -0.15) is 5.26 Å². The molecule has 2 rings (SSSR count). The van der Waals surface area contributed by atoms with Crippen molar-refractivity contribution in [2.45, 2.75) is 19.3 Å². The summed E-state index contributed by atoms with van der Waals surface area (Å²) in [4.78, 5) is 11.6. The molecule has 0 aliphatic heterocycles. The number of hydrogen-bond acceptors (Lipinski definition) is 2. The van der Waals surface area contributed by atoms with Crippen molar-refractivity contribution >= 4 is 11.6 Å². The number of rotatable bonds is 2. The summed E-state index contributed by atoms with van der Waals surface area (Å²) < 4.78 is 13.2. The van der Waals surface area contributed by atoms with E-state index in [0.29, 0.717) is 0 Å². The molecule has 82 valence electrons. The topological polar surface area (TPSA) is 52.9 Å². The number of nitriles is 1. The summed E-state index contributed by atoms with van der Waals surface area (Å²) in [5, 5.41) is 11.4. The molecule has 3 nitrogen and oxygen atoms in total. The average molecular weight is 218 g/mol. The molecular weight excluding hydrogens is 207 g/mol. The second-order valence-corrected chi connectivity index (χ2v) is 3.89. The maximum absolute atomic E-state index is 13.2. The number of amides is 1. The van der Waals surface area contributed by atoms with Crippen LogP contribution in [0.15, 0.2) is 18.2 Å². The van der Waals surface area contributed by atoms with Crippen molar-refractivity contribution in [3.05, 3.63) is 29.6 Å². The molecule has 0 spiro atoms. The Morgan fingerprint density at radius 1 is 1.50 bits per heavy atom. The van der Waals surface area contributed by atoms with Crippen LogP contribution in [0.1, 0.15) is 24.8 Å².